The molecule has 2 rings (SSSR count). The number of ether oxygens (including phenoxy) is 2. The Morgan fingerprint density at radius 2 is 1.59 bits per heavy atom. The maximum absolute atomic E-state index is 13.0. The number of carbonyl (C=O) groups excluding carboxylic acids is 2. The Hall–Kier alpha value is -3.09. The van der Waals surface area contributed by atoms with Gasteiger partial charge in [-0.25, -0.2) is 4.39 Å². The molecule has 0 aliphatic heterocycles. The number of benzene rings is 2. The minimum Gasteiger partial charge on any atom is -0.497 e. The highest BCUT2D eigenvalue weighted by Crippen LogP contribution is 2.22. The molecule has 0 saturated carbocycles. The Kier molecular flexibility index (Phi) is 8.00. The van der Waals surface area contributed by atoms with Crippen molar-refractivity contribution in [2.75, 3.05) is 20.8 Å². The first-order chi connectivity index (χ1) is 13.8. The molecular weight excluding hydrogens is 375 g/mol. The highest BCUT2D eigenvalue weighted by atomic mass is 19.1. The van der Waals surface area contributed by atoms with E-state index < -0.39 is 11.9 Å². The van der Waals surface area contributed by atoms with Crippen molar-refractivity contribution in [2.24, 2.45) is 5.92 Å². The number of nitrogens with one attached hydrogen (secondary N) is 2. The van der Waals surface area contributed by atoms with E-state index in [1.165, 1.54) is 26.4 Å². The molecule has 29 heavy (non-hydrogen) atoms. The summed E-state index contributed by atoms with van der Waals surface area (Å²) in [5, 5.41) is 5.61. The van der Waals surface area contributed by atoms with Crippen molar-refractivity contribution in [2.45, 2.75) is 26.3 Å². The van der Waals surface area contributed by atoms with Gasteiger partial charge in [0.05, 0.1) is 14.2 Å². The predicted octanol–water partition coefficient (Wildman–Crippen LogP) is 2.96. The summed E-state index contributed by atoms with van der Waals surface area (Å²) in [6.07, 6.45) is 0.567. The minimum absolute atomic E-state index is 0.114. The fraction of sp³-hybridized carbons (Fsp3) is 0.364. The van der Waals surface area contributed by atoms with Crippen LogP contribution in [0.15, 0.2) is 42.5 Å². The van der Waals surface area contributed by atoms with Crippen molar-refractivity contribution < 1.29 is 23.5 Å². The molecule has 7 heteroatoms. The van der Waals surface area contributed by atoms with E-state index >= 15 is 0 Å². The van der Waals surface area contributed by atoms with Gasteiger partial charge in [0.15, 0.2) is 0 Å². The molecule has 156 valence electrons. The Morgan fingerprint density at radius 1 is 1.00 bits per heavy atom. The largest absolute Gasteiger partial charge is 0.497 e. The molecule has 0 aliphatic rings. The van der Waals surface area contributed by atoms with Crippen LogP contribution in [0.1, 0.15) is 29.8 Å². The molecular formula is C22H27FN2O4. The lowest BCUT2D eigenvalue weighted by Gasteiger charge is -2.22. The van der Waals surface area contributed by atoms with Crippen LogP contribution in [0.25, 0.3) is 0 Å². The van der Waals surface area contributed by atoms with Crippen molar-refractivity contribution in [3.63, 3.8) is 0 Å². The third-order valence-electron chi connectivity index (χ3n) is 4.48. The lowest BCUT2D eigenvalue weighted by Crippen LogP contribution is -2.50. The summed E-state index contributed by atoms with van der Waals surface area (Å²) in [7, 11) is 3.00. The van der Waals surface area contributed by atoms with Gasteiger partial charge in [0.25, 0.3) is 5.91 Å². The second kappa shape index (κ2) is 10.5. The van der Waals surface area contributed by atoms with Crippen LogP contribution in [0.2, 0.25) is 0 Å². The fourth-order valence-corrected chi connectivity index (χ4v) is 2.79. The predicted molar refractivity (Wildman–Crippen MR) is 109 cm³/mol. The van der Waals surface area contributed by atoms with E-state index in [2.05, 4.69) is 10.6 Å². The van der Waals surface area contributed by atoms with Crippen LogP contribution in [0, 0.1) is 11.7 Å². The second-order valence-electron chi connectivity index (χ2n) is 6.96. The average Bonchev–Trinajstić information content (AvgIpc) is 2.72. The van der Waals surface area contributed by atoms with Crippen LogP contribution in [0.5, 0.6) is 11.5 Å². The van der Waals surface area contributed by atoms with E-state index in [1.54, 1.807) is 30.3 Å². The maximum Gasteiger partial charge on any atom is 0.252 e. The van der Waals surface area contributed by atoms with Gasteiger partial charge in [-0.15, -0.1) is 0 Å². The van der Waals surface area contributed by atoms with Gasteiger partial charge < -0.3 is 20.1 Å². The van der Waals surface area contributed by atoms with E-state index in [0.29, 0.717) is 30.0 Å². The zero-order valence-corrected chi connectivity index (χ0v) is 17.1. The summed E-state index contributed by atoms with van der Waals surface area (Å²) in [5.41, 5.74) is 1.26. The van der Waals surface area contributed by atoms with Gasteiger partial charge in [0.2, 0.25) is 5.91 Å². The Balaban J connectivity index is 2.00. The number of hydrogen-bond acceptors (Lipinski definition) is 4. The molecule has 0 fully saturated rings. The molecule has 0 aromatic heterocycles. The summed E-state index contributed by atoms with van der Waals surface area (Å²) in [5.74, 6) is -0.106. The van der Waals surface area contributed by atoms with Crippen molar-refractivity contribution in [1.82, 2.24) is 10.6 Å². The first-order valence-corrected chi connectivity index (χ1v) is 9.40. The van der Waals surface area contributed by atoms with E-state index in [4.69, 9.17) is 9.47 Å². The fourth-order valence-electron chi connectivity index (χ4n) is 2.79. The number of halogens is 1. The van der Waals surface area contributed by atoms with Crippen LogP contribution in [-0.4, -0.2) is 38.6 Å². The quantitative estimate of drug-likeness (QED) is 0.676. The maximum atomic E-state index is 13.0. The zero-order chi connectivity index (χ0) is 21.4. The Labute approximate surface area is 170 Å². The standard InChI is InChI=1S/C22H27FN2O4/c1-14(2)20(22(27)24-10-9-15-5-7-17(23)8-6-15)25-21(26)16-11-18(28-3)13-19(12-16)29-4/h5-8,11-14,20H,9-10H2,1-4H3,(H,24,27)(H,25,26)/t20-/m0/s1. The van der Waals surface area contributed by atoms with E-state index in [0.717, 1.165) is 5.56 Å². The summed E-state index contributed by atoms with van der Waals surface area (Å²) in [6, 6.07) is 10.3. The van der Waals surface area contributed by atoms with Crippen LogP contribution in [-0.2, 0) is 11.2 Å². The molecule has 2 aromatic carbocycles. The monoisotopic (exact) mass is 402 g/mol. The normalized spacial score (nSPS) is 11.7. The molecule has 6 nitrogen and oxygen atoms in total. The van der Waals surface area contributed by atoms with Crippen LogP contribution < -0.4 is 20.1 Å². The van der Waals surface area contributed by atoms with Gasteiger partial charge in [-0.05, 0) is 42.2 Å². The third kappa shape index (κ3) is 6.48. The highest BCUT2D eigenvalue weighted by molar-refractivity contribution is 5.98. The Morgan fingerprint density at radius 3 is 2.10 bits per heavy atom. The molecule has 0 heterocycles. The molecule has 0 unspecified atom stereocenters. The molecule has 0 radical (unpaired) electrons. The van der Waals surface area contributed by atoms with Gasteiger partial charge in [-0.2, -0.15) is 0 Å². The first-order valence-electron chi connectivity index (χ1n) is 9.40. The average molecular weight is 402 g/mol. The number of hydrogen-bond donors (Lipinski definition) is 2. The van der Waals surface area contributed by atoms with Gasteiger partial charge >= 0.3 is 0 Å². The number of methoxy groups -OCH3 is 2. The second-order valence-corrected chi connectivity index (χ2v) is 6.96. The smallest absolute Gasteiger partial charge is 0.252 e. The first kappa shape index (κ1) is 22.2. The molecule has 2 amide bonds. The lowest BCUT2D eigenvalue weighted by atomic mass is 10.0. The highest BCUT2D eigenvalue weighted by Gasteiger charge is 2.25. The Bertz CT molecular complexity index is 815. The third-order valence-corrected chi connectivity index (χ3v) is 4.48. The van der Waals surface area contributed by atoms with Crippen molar-refractivity contribution in [3.05, 3.63) is 59.4 Å². The molecule has 1 atom stereocenters. The van der Waals surface area contributed by atoms with Crippen LogP contribution >= 0.6 is 0 Å². The van der Waals surface area contributed by atoms with Gasteiger partial charge in [-0.3, -0.25) is 9.59 Å². The van der Waals surface area contributed by atoms with Crippen molar-refractivity contribution >= 4 is 11.8 Å². The molecule has 0 spiro atoms. The van der Waals surface area contributed by atoms with Crippen LogP contribution in [0.3, 0.4) is 0 Å². The SMILES string of the molecule is COc1cc(OC)cc(C(=O)N[C@H](C(=O)NCCc2ccc(F)cc2)C(C)C)c1. The van der Waals surface area contributed by atoms with Crippen LogP contribution in [0.4, 0.5) is 4.39 Å². The zero-order valence-electron chi connectivity index (χ0n) is 17.1. The number of rotatable bonds is 9. The van der Waals surface area contributed by atoms with E-state index in [1.807, 2.05) is 13.8 Å². The summed E-state index contributed by atoms with van der Waals surface area (Å²) < 4.78 is 23.3. The van der Waals surface area contributed by atoms with E-state index in [9.17, 15) is 14.0 Å². The molecule has 2 N–H and O–H groups in total. The topological polar surface area (TPSA) is 76.7 Å². The number of amides is 2. The van der Waals surface area contributed by atoms with E-state index in [-0.39, 0.29) is 17.6 Å². The summed E-state index contributed by atoms with van der Waals surface area (Å²) in [4.78, 5) is 25.3. The van der Waals surface area contributed by atoms with Crippen molar-refractivity contribution in [3.8, 4) is 11.5 Å². The summed E-state index contributed by atoms with van der Waals surface area (Å²) in [6.45, 7) is 4.10. The van der Waals surface area contributed by atoms with Gasteiger partial charge in [0, 0.05) is 18.2 Å². The van der Waals surface area contributed by atoms with Gasteiger partial charge in [-0.1, -0.05) is 26.0 Å². The van der Waals surface area contributed by atoms with Gasteiger partial charge in [0.1, 0.15) is 23.4 Å². The molecule has 0 saturated heterocycles. The van der Waals surface area contributed by atoms with Crippen molar-refractivity contribution in [1.29, 1.82) is 0 Å². The number of carbonyl (C=O) groups is 2. The molecule has 2 aromatic rings. The minimum atomic E-state index is -0.701. The summed E-state index contributed by atoms with van der Waals surface area (Å²) >= 11 is 0. The lowest BCUT2D eigenvalue weighted by molar-refractivity contribution is -0.123. The molecule has 0 bridgehead atoms. The molecule has 0 aliphatic carbocycles.